The minimum absolute atomic E-state index is 0.430. The molecule has 1 unspecified atom stereocenters. The van der Waals surface area contributed by atoms with E-state index in [9.17, 15) is 9.59 Å². The van der Waals surface area contributed by atoms with Crippen LogP contribution in [0.2, 0.25) is 0 Å². The lowest BCUT2D eigenvalue weighted by atomic mass is 10.1. The summed E-state index contributed by atoms with van der Waals surface area (Å²) in [6.07, 6.45) is -0.846. The predicted molar refractivity (Wildman–Crippen MR) is 71.1 cm³/mol. The van der Waals surface area contributed by atoms with Crippen LogP contribution in [-0.4, -0.2) is 28.6 Å². The van der Waals surface area contributed by atoms with Crippen LogP contribution in [0.5, 0.6) is 5.75 Å². The van der Waals surface area contributed by atoms with Gasteiger partial charge in [0.2, 0.25) is 0 Å². The molecule has 0 radical (unpaired) electrons. The van der Waals surface area contributed by atoms with Crippen molar-refractivity contribution in [2.75, 3.05) is 0 Å². The quantitative estimate of drug-likeness (QED) is 0.844. The molecule has 0 bridgehead atoms. The van der Waals surface area contributed by atoms with Gasteiger partial charge in [-0.05, 0) is 45.0 Å². The van der Waals surface area contributed by atoms with Crippen LogP contribution >= 0.6 is 0 Å². The number of aliphatic carboxylic acids is 1. The molecule has 0 saturated carbocycles. The standard InChI is InChI=1S/C14H16N2O4/c1-9(12(17)16-14(2,3)13(18)19)20-11-6-4-10(8-15)5-7-11/h4-7,9H,1-3H3,(H,16,17)(H,18,19). The van der Waals surface area contributed by atoms with E-state index < -0.39 is 23.5 Å². The lowest BCUT2D eigenvalue weighted by Crippen LogP contribution is -2.53. The van der Waals surface area contributed by atoms with Gasteiger partial charge in [0.15, 0.2) is 6.10 Å². The number of carbonyl (C=O) groups is 2. The Kier molecular flexibility index (Phi) is 4.70. The third kappa shape index (κ3) is 3.99. The summed E-state index contributed by atoms with van der Waals surface area (Å²) in [4.78, 5) is 22.8. The zero-order chi connectivity index (χ0) is 15.3. The van der Waals surface area contributed by atoms with Crippen molar-refractivity contribution < 1.29 is 19.4 Å². The van der Waals surface area contributed by atoms with E-state index in [1.54, 1.807) is 24.3 Å². The fraction of sp³-hybridized carbons (Fsp3) is 0.357. The van der Waals surface area contributed by atoms with Crippen molar-refractivity contribution in [3.63, 3.8) is 0 Å². The highest BCUT2D eigenvalue weighted by molar-refractivity contribution is 5.88. The minimum atomic E-state index is -1.36. The molecule has 1 atom stereocenters. The Morgan fingerprint density at radius 1 is 1.35 bits per heavy atom. The van der Waals surface area contributed by atoms with Crippen LogP contribution in [-0.2, 0) is 9.59 Å². The van der Waals surface area contributed by atoms with Gasteiger partial charge >= 0.3 is 5.97 Å². The predicted octanol–water partition coefficient (Wildman–Crippen LogP) is 1.30. The Morgan fingerprint density at radius 2 is 1.90 bits per heavy atom. The van der Waals surface area contributed by atoms with Crippen LogP contribution in [0.15, 0.2) is 24.3 Å². The lowest BCUT2D eigenvalue weighted by Gasteiger charge is -2.23. The number of hydrogen-bond acceptors (Lipinski definition) is 4. The van der Waals surface area contributed by atoms with Gasteiger partial charge in [-0.1, -0.05) is 0 Å². The first kappa shape index (κ1) is 15.5. The van der Waals surface area contributed by atoms with Gasteiger partial charge in [0, 0.05) is 0 Å². The molecule has 0 aliphatic rings. The molecule has 2 N–H and O–H groups in total. The van der Waals surface area contributed by atoms with E-state index in [0.29, 0.717) is 11.3 Å². The molecule has 1 aromatic rings. The molecule has 0 saturated heterocycles. The van der Waals surface area contributed by atoms with Gasteiger partial charge in [-0.25, -0.2) is 4.79 Å². The summed E-state index contributed by atoms with van der Waals surface area (Å²) in [6, 6.07) is 8.26. The Morgan fingerprint density at radius 3 is 2.35 bits per heavy atom. The smallest absolute Gasteiger partial charge is 0.328 e. The van der Waals surface area contributed by atoms with Gasteiger partial charge in [-0.15, -0.1) is 0 Å². The second kappa shape index (κ2) is 6.06. The molecule has 1 aromatic carbocycles. The molecule has 0 aliphatic carbocycles. The molecule has 106 valence electrons. The van der Waals surface area contributed by atoms with Crippen molar-refractivity contribution >= 4 is 11.9 Å². The normalized spacial score (nSPS) is 12.1. The van der Waals surface area contributed by atoms with E-state index in [1.165, 1.54) is 20.8 Å². The largest absolute Gasteiger partial charge is 0.481 e. The third-order valence-corrected chi connectivity index (χ3v) is 2.64. The summed E-state index contributed by atoms with van der Waals surface area (Å²) >= 11 is 0. The second-order valence-electron chi connectivity index (χ2n) is 4.82. The average molecular weight is 276 g/mol. The zero-order valence-corrected chi connectivity index (χ0v) is 11.5. The Labute approximate surface area is 117 Å². The van der Waals surface area contributed by atoms with E-state index >= 15 is 0 Å². The molecule has 0 fully saturated rings. The number of benzene rings is 1. The maximum atomic E-state index is 11.8. The number of nitrogens with zero attached hydrogens (tertiary/aromatic N) is 1. The Hall–Kier alpha value is -2.55. The molecule has 6 heteroatoms. The van der Waals surface area contributed by atoms with Gasteiger partial charge in [-0.3, -0.25) is 4.79 Å². The SMILES string of the molecule is CC(Oc1ccc(C#N)cc1)C(=O)NC(C)(C)C(=O)O. The van der Waals surface area contributed by atoms with Crippen molar-refractivity contribution in [3.8, 4) is 11.8 Å². The van der Waals surface area contributed by atoms with E-state index in [-0.39, 0.29) is 0 Å². The van der Waals surface area contributed by atoms with Crippen LogP contribution in [0.4, 0.5) is 0 Å². The van der Waals surface area contributed by atoms with Crippen LogP contribution in [0.1, 0.15) is 26.3 Å². The van der Waals surface area contributed by atoms with Crippen LogP contribution in [0.25, 0.3) is 0 Å². The highest BCUT2D eigenvalue weighted by Gasteiger charge is 2.31. The number of nitriles is 1. The number of carboxylic acid groups (broad SMARTS) is 1. The van der Waals surface area contributed by atoms with E-state index in [2.05, 4.69) is 5.32 Å². The highest BCUT2D eigenvalue weighted by atomic mass is 16.5. The van der Waals surface area contributed by atoms with Crippen LogP contribution in [0.3, 0.4) is 0 Å². The molecular formula is C14H16N2O4. The summed E-state index contributed by atoms with van der Waals surface area (Å²) in [7, 11) is 0. The van der Waals surface area contributed by atoms with E-state index in [0.717, 1.165) is 0 Å². The first-order chi connectivity index (χ1) is 9.26. The van der Waals surface area contributed by atoms with Crippen molar-refractivity contribution in [2.24, 2.45) is 0 Å². The number of nitrogens with one attached hydrogen (secondary N) is 1. The first-order valence-electron chi connectivity index (χ1n) is 5.98. The van der Waals surface area contributed by atoms with Gasteiger partial charge in [0.1, 0.15) is 11.3 Å². The monoisotopic (exact) mass is 276 g/mol. The number of amides is 1. The van der Waals surface area contributed by atoms with Gasteiger partial charge < -0.3 is 15.2 Å². The maximum absolute atomic E-state index is 11.8. The van der Waals surface area contributed by atoms with Gasteiger partial charge in [0.25, 0.3) is 5.91 Å². The van der Waals surface area contributed by atoms with Crippen molar-refractivity contribution in [3.05, 3.63) is 29.8 Å². The number of carboxylic acids is 1. The fourth-order valence-electron chi connectivity index (χ4n) is 1.33. The molecule has 1 rings (SSSR count). The topological polar surface area (TPSA) is 99.4 Å². The minimum Gasteiger partial charge on any atom is -0.481 e. The fourth-order valence-corrected chi connectivity index (χ4v) is 1.33. The number of ether oxygens (including phenoxy) is 1. The first-order valence-corrected chi connectivity index (χ1v) is 5.98. The van der Waals surface area contributed by atoms with Gasteiger partial charge in [0.05, 0.1) is 11.6 Å². The van der Waals surface area contributed by atoms with Crippen LogP contribution < -0.4 is 10.1 Å². The molecule has 1 amide bonds. The van der Waals surface area contributed by atoms with E-state index in [4.69, 9.17) is 15.1 Å². The summed E-state index contributed by atoms with van der Waals surface area (Å²) < 4.78 is 5.39. The highest BCUT2D eigenvalue weighted by Crippen LogP contribution is 2.14. The van der Waals surface area contributed by atoms with Crippen molar-refractivity contribution in [1.29, 1.82) is 5.26 Å². The Bertz CT molecular complexity index is 543. The maximum Gasteiger partial charge on any atom is 0.328 e. The summed E-state index contributed by atoms with van der Waals surface area (Å²) in [6.45, 7) is 4.30. The average Bonchev–Trinajstić information content (AvgIpc) is 2.38. The summed E-state index contributed by atoms with van der Waals surface area (Å²) in [5, 5.41) is 20.0. The molecule has 0 heterocycles. The molecule has 6 nitrogen and oxygen atoms in total. The molecule has 0 aromatic heterocycles. The zero-order valence-electron chi connectivity index (χ0n) is 11.5. The van der Waals surface area contributed by atoms with Crippen molar-refractivity contribution in [2.45, 2.75) is 32.4 Å². The molecule has 20 heavy (non-hydrogen) atoms. The summed E-state index contributed by atoms with van der Waals surface area (Å²) in [5.74, 6) is -1.22. The number of rotatable bonds is 5. The van der Waals surface area contributed by atoms with Crippen molar-refractivity contribution in [1.82, 2.24) is 5.32 Å². The lowest BCUT2D eigenvalue weighted by molar-refractivity contribution is -0.147. The Balaban J connectivity index is 2.66. The molecular weight excluding hydrogens is 260 g/mol. The van der Waals surface area contributed by atoms with Gasteiger partial charge in [-0.2, -0.15) is 5.26 Å². The molecule has 0 aliphatic heterocycles. The third-order valence-electron chi connectivity index (χ3n) is 2.64. The summed E-state index contributed by atoms with van der Waals surface area (Å²) in [5.41, 5.74) is -0.874. The molecule has 0 spiro atoms. The second-order valence-corrected chi connectivity index (χ2v) is 4.82. The number of hydrogen-bond donors (Lipinski definition) is 2. The number of carbonyl (C=O) groups excluding carboxylic acids is 1. The van der Waals surface area contributed by atoms with E-state index in [1.807, 2.05) is 6.07 Å². The van der Waals surface area contributed by atoms with Crippen LogP contribution in [0, 0.1) is 11.3 Å².